The Morgan fingerprint density at radius 2 is 1.91 bits per heavy atom. The number of hydrogen-bond acceptors (Lipinski definition) is 7. The summed E-state index contributed by atoms with van der Waals surface area (Å²) in [5, 5.41) is 10.1. The van der Waals surface area contributed by atoms with Gasteiger partial charge in [0, 0.05) is 36.9 Å². The molecule has 1 spiro atoms. The first-order chi connectivity index (χ1) is 14.7. The molecule has 1 saturated heterocycles. The summed E-state index contributed by atoms with van der Waals surface area (Å²) in [4.78, 5) is 26.9. The van der Waals surface area contributed by atoms with Crippen molar-refractivity contribution >= 4 is 42.4 Å². The third kappa shape index (κ3) is 4.94. The van der Waals surface area contributed by atoms with Gasteiger partial charge in [0.15, 0.2) is 5.82 Å². The molecule has 3 aromatic rings. The van der Waals surface area contributed by atoms with Crippen molar-refractivity contribution in [1.82, 2.24) is 25.1 Å². The second kappa shape index (κ2) is 10.1. The van der Waals surface area contributed by atoms with E-state index in [-0.39, 0.29) is 36.5 Å². The number of nitrogens with zero attached hydrogens (tertiary/aromatic N) is 5. The lowest BCUT2D eigenvalue weighted by molar-refractivity contribution is 0.0148. The number of nitrogens with one attached hydrogen (secondary N) is 2. The molecule has 5 rings (SSSR count). The largest absolute Gasteiger partial charge is 0.441 e. The van der Waals surface area contributed by atoms with E-state index in [1.807, 2.05) is 12.1 Å². The van der Waals surface area contributed by atoms with Crippen LogP contribution in [0.2, 0.25) is 0 Å². The molecule has 32 heavy (non-hydrogen) atoms. The number of carbonyl (C=O) groups excluding carboxylic acids is 1. The number of aromatic amines is 1. The molecule has 1 aliphatic heterocycles. The maximum atomic E-state index is 12.3. The lowest BCUT2D eigenvalue weighted by atomic mass is 9.78. The Morgan fingerprint density at radius 3 is 2.56 bits per heavy atom. The molecule has 9 nitrogen and oxygen atoms in total. The third-order valence-corrected chi connectivity index (χ3v) is 5.94. The molecule has 11 heteroatoms. The van der Waals surface area contributed by atoms with Gasteiger partial charge in [-0.25, -0.2) is 19.7 Å². The molecule has 170 valence electrons. The molecule has 4 heterocycles. The van der Waals surface area contributed by atoms with Crippen molar-refractivity contribution in [3.63, 3.8) is 0 Å². The van der Waals surface area contributed by atoms with Gasteiger partial charge in [0.05, 0.1) is 18.4 Å². The Balaban J connectivity index is 0.00000144. The fraction of sp³-hybridized carbons (Fsp3) is 0.381. The number of rotatable bonds is 5. The average molecular weight is 478 g/mol. The fourth-order valence-electron chi connectivity index (χ4n) is 4.21. The van der Waals surface area contributed by atoms with Crippen LogP contribution in [-0.2, 0) is 4.74 Å². The van der Waals surface area contributed by atoms with E-state index in [2.05, 4.69) is 30.5 Å². The molecule has 1 amide bonds. The highest BCUT2D eigenvalue weighted by Gasteiger charge is 2.47. The van der Waals surface area contributed by atoms with E-state index in [1.165, 1.54) is 0 Å². The summed E-state index contributed by atoms with van der Waals surface area (Å²) in [5.41, 5.74) is 1.28. The zero-order valence-electron chi connectivity index (χ0n) is 17.3. The molecule has 2 aliphatic rings. The van der Waals surface area contributed by atoms with Crippen LogP contribution in [-0.4, -0.2) is 49.9 Å². The highest BCUT2D eigenvalue weighted by Crippen LogP contribution is 2.40. The van der Waals surface area contributed by atoms with Crippen molar-refractivity contribution in [3.05, 3.63) is 49.2 Å². The van der Waals surface area contributed by atoms with Crippen LogP contribution in [0.5, 0.6) is 0 Å². The number of ether oxygens (including phenoxy) is 1. The summed E-state index contributed by atoms with van der Waals surface area (Å²) >= 11 is 0. The summed E-state index contributed by atoms with van der Waals surface area (Å²) in [6.07, 6.45) is 12.1. The molecule has 0 unspecified atom stereocenters. The monoisotopic (exact) mass is 477 g/mol. The number of anilines is 2. The Bertz CT molecular complexity index is 995. The molecule has 1 aliphatic carbocycles. The second-order valence-electron chi connectivity index (χ2n) is 7.92. The standard InChI is InChI=1S/C21H23N7O2.2ClH/c29-20-28(17-12-26-27-13-17)14-21(30-20)6-4-15(5-7-21)10-24-18-3-2-16(11-25-18)19-22-8-1-9-23-19;;/h1-3,8-9,11-13,15H,4-7,10,14H2,(H,24,25)(H,26,27);2*1H. The van der Waals surface area contributed by atoms with Crippen molar-refractivity contribution in [2.75, 3.05) is 23.3 Å². The number of pyridine rings is 1. The number of H-pyrrole nitrogens is 1. The van der Waals surface area contributed by atoms with E-state index in [1.54, 1.807) is 42.0 Å². The SMILES string of the molecule is Cl.Cl.O=C1OC2(CCC(CNc3ccc(-c4ncccn4)cn3)CC2)CN1c1cn[nH]c1. The Hall–Kier alpha value is -2.91. The summed E-state index contributed by atoms with van der Waals surface area (Å²) in [5.74, 6) is 2.04. The summed E-state index contributed by atoms with van der Waals surface area (Å²) in [6, 6.07) is 5.73. The van der Waals surface area contributed by atoms with E-state index in [0.717, 1.165) is 49.3 Å². The van der Waals surface area contributed by atoms with E-state index >= 15 is 0 Å². The quantitative estimate of drug-likeness (QED) is 0.568. The minimum atomic E-state index is -0.375. The molecule has 3 aromatic heterocycles. The number of amides is 1. The van der Waals surface area contributed by atoms with Crippen molar-refractivity contribution < 1.29 is 9.53 Å². The topological polar surface area (TPSA) is 109 Å². The van der Waals surface area contributed by atoms with E-state index in [0.29, 0.717) is 18.3 Å². The van der Waals surface area contributed by atoms with Crippen LogP contribution in [0, 0.1) is 5.92 Å². The molecule has 2 N–H and O–H groups in total. The summed E-state index contributed by atoms with van der Waals surface area (Å²) in [7, 11) is 0. The van der Waals surface area contributed by atoms with Gasteiger partial charge >= 0.3 is 6.09 Å². The van der Waals surface area contributed by atoms with Gasteiger partial charge in [-0.15, -0.1) is 24.8 Å². The summed E-state index contributed by atoms with van der Waals surface area (Å²) in [6.45, 7) is 1.44. The van der Waals surface area contributed by atoms with Crippen LogP contribution >= 0.6 is 24.8 Å². The zero-order valence-corrected chi connectivity index (χ0v) is 18.9. The second-order valence-corrected chi connectivity index (χ2v) is 7.92. The van der Waals surface area contributed by atoms with Crippen molar-refractivity contribution in [2.24, 2.45) is 5.92 Å². The minimum Gasteiger partial charge on any atom is -0.441 e. The number of hydrogen-bond donors (Lipinski definition) is 2. The first kappa shape index (κ1) is 23.7. The van der Waals surface area contributed by atoms with E-state index < -0.39 is 0 Å². The molecule has 2 fully saturated rings. The smallest absolute Gasteiger partial charge is 0.415 e. The zero-order chi connectivity index (χ0) is 20.4. The Morgan fingerprint density at radius 1 is 1.12 bits per heavy atom. The third-order valence-electron chi connectivity index (χ3n) is 5.94. The highest BCUT2D eigenvalue weighted by atomic mass is 35.5. The van der Waals surface area contributed by atoms with Crippen LogP contribution < -0.4 is 10.2 Å². The van der Waals surface area contributed by atoms with Crippen LogP contribution in [0.1, 0.15) is 25.7 Å². The Kier molecular flexibility index (Phi) is 7.52. The van der Waals surface area contributed by atoms with Crippen molar-refractivity contribution in [1.29, 1.82) is 0 Å². The number of aromatic nitrogens is 5. The average Bonchev–Trinajstić information content (AvgIpc) is 3.43. The van der Waals surface area contributed by atoms with Crippen LogP contribution in [0.4, 0.5) is 16.3 Å². The van der Waals surface area contributed by atoms with Crippen LogP contribution in [0.15, 0.2) is 49.2 Å². The van der Waals surface area contributed by atoms with Crippen LogP contribution in [0.25, 0.3) is 11.4 Å². The molecule has 0 atom stereocenters. The normalized spacial score (nSPS) is 22.1. The maximum absolute atomic E-state index is 12.3. The van der Waals surface area contributed by atoms with Gasteiger partial charge in [-0.2, -0.15) is 5.10 Å². The first-order valence-electron chi connectivity index (χ1n) is 10.2. The Labute approximate surface area is 198 Å². The van der Waals surface area contributed by atoms with Gasteiger partial charge < -0.3 is 10.1 Å². The molecular formula is C21H25Cl2N7O2. The van der Waals surface area contributed by atoms with Gasteiger partial charge in [-0.1, -0.05) is 0 Å². The minimum absolute atomic E-state index is 0. The predicted molar refractivity (Wildman–Crippen MR) is 125 cm³/mol. The number of carbonyl (C=O) groups is 1. The maximum Gasteiger partial charge on any atom is 0.415 e. The lowest BCUT2D eigenvalue weighted by Crippen LogP contribution is -2.39. The van der Waals surface area contributed by atoms with Gasteiger partial charge in [-0.05, 0) is 49.8 Å². The van der Waals surface area contributed by atoms with Crippen molar-refractivity contribution in [3.8, 4) is 11.4 Å². The summed E-state index contributed by atoms with van der Waals surface area (Å²) < 4.78 is 5.79. The van der Waals surface area contributed by atoms with E-state index in [9.17, 15) is 4.79 Å². The van der Waals surface area contributed by atoms with Crippen molar-refractivity contribution in [2.45, 2.75) is 31.3 Å². The molecule has 0 aromatic carbocycles. The van der Waals surface area contributed by atoms with Gasteiger partial charge in [0.25, 0.3) is 0 Å². The number of halogens is 2. The fourth-order valence-corrected chi connectivity index (χ4v) is 4.21. The molecular weight excluding hydrogens is 453 g/mol. The molecule has 1 saturated carbocycles. The molecule has 0 bridgehead atoms. The molecule has 0 radical (unpaired) electrons. The van der Waals surface area contributed by atoms with Gasteiger partial charge in [0.1, 0.15) is 11.4 Å². The van der Waals surface area contributed by atoms with Gasteiger partial charge in [0.2, 0.25) is 0 Å². The van der Waals surface area contributed by atoms with Gasteiger partial charge in [-0.3, -0.25) is 10.00 Å². The highest BCUT2D eigenvalue weighted by molar-refractivity contribution is 5.90. The first-order valence-corrected chi connectivity index (χ1v) is 10.2. The van der Waals surface area contributed by atoms with Crippen LogP contribution in [0.3, 0.4) is 0 Å². The predicted octanol–water partition coefficient (Wildman–Crippen LogP) is 4.10. The van der Waals surface area contributed by atoms with E-state index in [4.69, 9.17) is 4.74 Å². The lowest BCUT2D eigenvalue weighted by Gasteiger charge is -2.35.